The number of tetrazole rings is 1. The molecule has 1 aromatic heterocycles. The zero-order chi connectivity index (χ0) is 18.1. The van der Waals surface area contributed by atoms with E-state index in [9.17, 15) is 0 Å². The minimum Gasteiger partial charge on any atom is -0.489 e. The van der Waals surface area contributed by atoms with Crippen molar-refractivity contribution in [1.82, 2.24) is 20.2 Å². The van der Waals surface area contributed by atoms with Crippen LogP contribution in [0.2, 0.25) is 20.1 Å². The summed E-state index contributed by atoms with van der Waals surface area (Å²) in [6.45, 7) is 3.81. The van der Waals surface area contributed by atoms with Gasteiger partial charge in [-0.1, -0.05) is 46.4 Å². The first-order valence-electron chi connectivity index (χ1n) is 7.26. The molecule has 0 radical (unpaired) electrons. The molecule has 0 bridgehead atoms. The van der Waals surface area contributed by atoms with Crippen LogP contribution in [0, 0.1) is 0 Å². The molecule has 2 aromatic carbocycles. The molecule has 0 atom stereocenters. The molecule has 0 saturated carbocycles. The Labute approximate surface area is 164 Å². The van der Waals surface area contributed by atoms with E-state index in [0.717, 1.165) is 0 Å². The molecule has 0 fully saturated rings. The molecular formula is C16H12Cl4N4O. The molecule has 0 saturated heterocycles. The van der Waals surface area contributed by atoms with Gasteiger partial charge in [-0.2, -0.15) is 4.68 Å². The molecule has 3 rings (SSSR count). The third-order valence-corrected chi connectivity index (χ3v) is 4.58. The Balaban J connectivity index is 2.12. The van der Waals surface area contributed by atoms with Gasteiger partial charge in [-0.15, -0.1) is 5.10 Å². The van der Waals surface area contributed by atoms with E-state index in [2.05, 4.69) is 15.5 Å². The predicted octanol–water partition coefficient (Wildman–Crippen LogP) is 5.73. The molecule has 5 nitrogen and oxygen atoms in total. The van der Waals surface area contributed by atoms with Gasteiger partial charge < -0.3 is 4.74 Å². The van der Waals surface area contributed by atoms with Crippen molar-refractivity contribution in [2.24, 2.45) is 0 Å². The van der Waals surface area contributed by atoms with Crippen molar-refractivity contribution >= 4 is 46.4 Å². The lowest BCUT2D eigenvalue weighted by Gasteiger charge is -2.14. The highest BCUT2D eigenvalue weighted by Crippen LogP contribution is 2.35. The zero-order valence-electron chi connectivity index (χ0n) is 13.2. The molecular weight excluding hydrogens is 406 g/mol. The Morgan fingerprint density at radius 1 is 0.920 bits per heavy atom. The van der Waals surface area contributed by atoms with Crippen LogP contribution in [-0.2, 0) is 0 Å². The molecule has 9 heteroatoms. The van der Waals surface area contributed by atoms with Gasteiger partial charge in [0, 0.05) is 11.6 Å². The van der Waals surface area contributed by atoms with Gasteiger partial charge in [-0.3, -0.25) is 0 Å². The van der Waals surface area contributed by atoms with Crippen LogP contribution in [0.5, 0.6) is 5.75 Å². The number of hydrogen-bond donors (Lipinski definition) is 0. The fourth-order valence-electron chi connectivity index (χ4n) is 2.19. The minimum atomic E-state index is -0.0464. The Morgan fingerprint density at radius 3 is 2.36 bits per heavy atom. The fraction of sp³-hybridized carbons (Fsp3) is 0.188. The first-order valence-corrected chi connectivity index (χ1v) is 8.78. The number of nitrogens with zero attached hydrogens (tertiary/aromatic N) is 4. The molecule has 0 aliphatic heterocycles. The van der Waals surface area contributed by atoms with E-state index in [1.807, 2.05) is 13.8 Å². The van der Waals surface area contributed by atoms with Crippen LogP contribution in [0.25, 0.3) is 17.1 Å². The molecule has 0 unspecified atom stereocenters. The summed E-state index contributed by atoms with van der Waals surface area (Å²) in [7, 11) is 0. The average Bonchev–Trinajstić information content (AvgIpc) is 3.01. The summed E-state index contributed by atoms with van der Waals surface area (Å²) < 4.78 is 7.20. The van der Waals surface area contributed by atoms with Crippen molar-refractivity contribution in [2.75, 3.05) is 0 Å². The number of halogens is 4. The lowest BCUT2D eigenvalue weighted by atomic mass is 10.2. The second-order valence-corrected chi connectivity index (χ2v) is 7.07. The van der Waals surface area contributed by atoms with Gasteiger partial charge in [0.05, 0.1) is 31.9 Å². The van der Waals surface area contributed by atoms with Crippen molar-refractivity contribution in [1.29, 1.82) is 0 Å². The third kappa shape index (κ3) is 3.85. The maximum Gasteiger partial charge on any atom is 0.187 e. The van der Waals surface area contributed by atoms with E-state index in [0.29, 0.717) is 42.9 Å². The van der Waals surface area contributed by atoms with Crippen molar-refractivity contribution in [2.45, 2.75) is 20.0 Å². The van der Waals surface area contributed by atoms with Gasteiger partial charge in [0.2, 0.25) is 0 Å². The maximum atomic E-state index is 6.34. The molecule has 0 amide bonds. The number of rotatable bonds is 4. The molecule has 0 aliphatic carbocycles. The van der Waals surface area contributed by atoms with Crippen molar-refractivity contribution in [3.8, 4) is 22.8 Å². The third-order valence-electron chi connectivity index (χ3n) is 3.24. The van der Waals surface area contributed by atoms with Gasteiger partial charge in [0.1, 0.15) is 5.75 Å². The van der Waals surface area contributed by atoms with Crippen molar-refractivity contribution in [3.05, 3.63) is 50.4 Å². The van der Waals surface area contributed by atoms with Crippen LogP contribution < -0.4 is 4.74 Å². The monoisotopic (exact) mass is 416 g/mol. The minimum absolute atomic E-state index is 0.0464. The summed E-state index contributed by atoms with van der Waals surface area (Å²) in [5.74, 6) is 0.949. The second kappa shape index (κ2) is 7.38. The van der Waals surface area contributed by atoms with E-state index < -0.39 is 0 Å². The first-order chi connectivity index (χ1) is 11.9. The first kappa shape index (κ1) is 18.3. The zero-order valence-corrected chi connectivity index (χ0v) is 16.2. The predicted molar refractivity (Wildman–Crippen MR) is 100 cm³/mol. The highest BCUT2D eigenvalue weighted by molar-refractivity contribution is 6.42. The largest absolute Gasteiger partial charge is 0.489 e. The van der Waals surface area contributed by atoms with Gasteiger partial charge in [-0.05, 0) is 48.5 Å². The van der Waals surface area contributed by atoms with Crippen molar-refractivity contribution < 1.29 is 4.74 Å². The van der Waals surface area contributed by atoms with Gasteiger partial charge >= 0.3 is 0 Å². The SMILES string of the molecule is CC(C)Oc1cc(-n2nnnc2-c2ccc(Cl)c(Cl)c2)c(Cl)cc1Cl. The Hall–Kier alpha value is -1.53. The molecule has 0 spiro atoms. The summed E-state index contributed by atoms with van der Waals surface area (Å²) in [5, 5.41) is 13.5. The molecule has 3 aromatic rings. The van der Waals surface area contributed by atoms with Crippen LogP contribution in [-0.4, -0.2) is 26.3 Å². The van der Waals surface area contributed by atoms with Crippen molar-refractivity contribution in [3.63, 3.8) is 0 Å². The topological polar surface area (TPSA) is 52.8 Å². The number of benzene rings is 2. The Morgan fingerprint density at radius 2 is 1.68 bits per heavy atom. The lowest BCUT2D eigenvalue weighted by Crippen LogP contribution is -2.07. The van der Waals surface area contributed by atoms with Crippen LogP contribution in [0.3, 0.4) is 0 Å². The van der Waals surface area contributed by atoms with Gasteiger partial charge in [0.25, 0.3) is 0 Å². The standard InChI is InChI=1S/C16H12Cl4N4O/c1-8(2)25-15-7-14(12(19)6-13(15)20)24-16(21-22-23-24)9-3-4-10(17)11(18)5-9/h3-8H,1-2H3. The second-order valence-electron chi connectivity index (χ2n) is 5.44. The van der Waals surface area contributed by atoms with Gasteiger partial charge in [-0.25, -0.2) is 0 Å². The molecule has 0 aliphatic rings. The quantitative estimate of drug-likeness (QED) is 0.543. The van der Waals surface area contributed by atoms with Crippen LogP contribution >= 0.6 is 46.4 Å². The molecule has 0 N–H and O–H groups in total. The number of ether oxygens (including phenoxy) is 1. The summed E-state index contributed by atoms with van der Waals surface area (Å²) in [4.78, 5) is 0. The molecule has 1 heterocycles. The number of aromatic nitrogens is 4. The van der Waals surface area contributed by atoms with E-state index in [1.54, 1.807) is 30.3 Å². The molecule has 25 heavy (non-hydrogen) atoms. The summed E-state index contributed by atoms with van der Waals surface area (Å²) in [5.41, 5.74) is 1.23. The van der Waals surface area contributed by atoms with Crippen LogP contribution in [0.1, 0.15) is 13.8 Å². The Bertz CT molecular complexity index is 926. The smallest absolute Gasteiger partial charge is 0.187 e. The number of hydrogen-bond acceptors (Lipinski definition) is 4. The normalized spacial score (nSPS) is 11.2. The van der Waals surface area contributed by atoms with Gasteiger partial charge in [0.15, 0.2) is 5.82 Å². The lowest BCUT2D eigenvalue weighted by molar-refractivity contribution is 0.242. The van der Waals surface area contributed by atoms with E-state index in [4.69, 9.17) is 51.1 Å². The summed E-state index contributed by atoms with van der Waals surface area (Å²) >= 11 is 24.6. The summed E-state index contributed by atoms with van der Waals surface area (Å²) in [6, 6.07) is 8.42. The highest BCUT2D eigenvalue weighted by Gasteiger charge is 2.17. The maximum absolute atomic E-state index is 6.34. The van der Waals surface area contributed by atoms with E-state index in [-0.39, 0.29) is 6.10 Å². The summed E-state index contributed by atoms with van der Waals surface area (Å²) in [6.07, 6.45) is -0.0464. The fourth-order valence-corrected chi connectivity index (χ4v) is 3.00. The van der Waals surface area contributed by atoms with Crippen LogP contribution in [0.4, 0.5) is 0 Å². The Kier molecular flexibility index (Phi) is 5.39. The molecule has 130 valence electrons. The van der Waals surface area contributed by atoms with E-state index in [1.165, 1.54) is 4.68 Å². The average molecular weight is 418 g/mol. The van der Waals surface area contributed by atoms with E-state index >= 15 is 0 Å². The van der Waals surface area contributed by atoms with Crippen LogP contribution in [0.15, 0.2) is 30.3 Å². The highest BCUT2D eigenvalue weighted by atomic mass is 35.5.